The Hall–Kier alpha value is -1.21. The van der Waals surface area contributed by atoms with Crippen LogP contribution < -0.4 is 5.32 Å². The molecule has 1 fully saturated rings. The number of rotatable bonds is 3. The second-order valence-electron chi connectivity index (χ2n) is 5.40. The Morgan fingerprint density at radius 2 is 2.16 bits per heavy atom. The van der Waals surface area contributed by atoms with Gasteiger partial charge in [-0.25, -0.2) is 0 Å². The topological polar surface area (TPSA) is 61.4 Å². The van der Waals surface area contributed by atoms with Crippen molar-refractivity contribution in [2.24, 2.45) is 0 Å². The van der Waals surface area contributed by atoms with E-state index in [0.29, 0.717) is 10.1 Å². The van der Waals surface area contributed by atoms with Gasteiger partial charge in [-0.15, -0.1) is 10.2 Å². The molecule has 0 aliphatic carbocycles. The lowest BCUT2D eigenvalue weighted by Gasteiger charge is -2.45. The van der Waals surface area contributed by atoms with Crippen LogP contribution in [0.5, 0.6) is 0 Å². The number of carbonyl (C=O) groups excluding carboxylic acids is 1. The summed E-state index contributed by atoms with van der Waals surface area (Å²) in [4.78, 5) is 16.5. The van der Waals surface area contributed by atoms with Crippen LogP contribution >= 0.6 is 11.3 Å². The van der Waals surface area contributed by atoms with Crippen LogP contribution in [0.3, 0.4) is 0 Å². The molecular formula is C12H21N5OS. The molecule has 19 heavy (non-hydrogen) atoms. The van der Waals surface area contributed by atoms with Gasteiger partial charge in [0.25, 0.3) is 5.91 Å². The van der Waals surface area contributed by atoms with E-state index in [2.05, 4.69) is 41.3 Å². The van der Waals surface area contributed by atoms with E-state index in [-0.39, 0.29) is 11.4 Å². The van der Waals surface area contributed by atoms with E-state index in [9.17, 15) is 4.79 Å². The summed E-state index contributed by atoms with van der Waals surface area (Å²) in [5, 5.41) is 12.2. The van der Waals surface area contributed by atoms with E-state index in [1.165, 1.54) is 11.3 Å². The van der Waals surface area contributed by atoms with Crippen molar-refractivity contribution in [3.8, 4) is 0 Å². The Morgan fingerprint density at radius 1 is 1.42 bits per heavy atom. The molecule has 2 heterocycles. The minimum absolute atomic E-state index is 0.00307. The van der Waals surface area contributed by atoms with Crippen LogP contribution in [0.4, 0.5) is 5.13 Å². The number of likely N-dealkylation sites (N-methyl/N-ethyl adjacent to an activating group) is 1. The molecule has 1 N–H and O–H groups in total. The van der Waals surface area contributed by atoms with Gasteiger partial charge in [-0.1, -0.05) is 11.3 Å². The number of amides is 1. The summed E-state index contributed by atoms with van der Waals surface area (Å²) in [6, 6.07) is 0. The van der Waals surface area contributed by atoms with E-state index >= 15 is 0 Å². The molecule has 0 spiro atoms. The Morgan fingerprint density at radius 3 is 2.79 bits per heavy atom. The van der Waals surface area contributed by atoms with Crippen LogP contribution in [0.2, 0.25) is 0 Å². The molecule has 0 saturated carbocycles. The molecule has 0 radical (unpaired) electrons. The molecular weight excluding hydrogens is 262 g/mol. The highest BCUT2D eigenvalue weighted by Gasteiger charge is 2.34. The number of piperazine rings is 1. The Labute approximate surface area is 117 Å². The smallest absolute Gasteiger partial charge is 0.285 e. The summed E-state index contributed by atoms with van der Waals surface area (Å²) in [6.07, 6.45) is 0. The Kier molecular flexibility index (Phi) is 4.05. The molecule has 6 nitrogen and oxygen atoms in total. The molecule has 1 aromatic rings. The first-order valence-electron chi connectivity index (χ1n) is 6.52. The van der Waals surface area contributed by atoms with Gasteiger partial charge in [-0.2, -0.15) is 0 Å². The average molecular weight is 283 g/mol. The maximum absolute atomic E-state index is 12.4. The van der Waals surface area contributed by atoms with Gasteiger partial charge in [0, 0.05) is 31.7 Å². The predicted octanol–water partition coefficient (Wildman–Crippen LogP) is 1.14. The lowest BCUT2D eigenvalue weighted by Crippen LogP contribution is -2.58. The maximum atomic E-state index is 12.4. The molecule has 0 bridgehead atoms. The summed E-state index contributed by atoms with van der Waals surface area (Å²) in [7, 11) is 2.09. The van der Waals surface area contributed by atoms with E-state index < -0.39 is 0 Å². The van der Waals surface area contributed by atoms with Crippen LogP contribution in [0.25, 0.3) is 0 Å². The van der Waals surface area contributed by atoms with Crippen LogP contribution in [0.15, 0.2) is 0 Å². The van der Waals surface area contributed by atoms with Crippen molar-refractivity contribution >= 4 is 22.4 Å². The fourth-order valence-electron chi connectivity index (χ4n) is 2.08. The van der Waals surface area contributed by atoms with E-state index in [1.54, 1.807) is 0 Å². The number of nitrogens with zero attached hydrogens (tertiary/aromatic N) is 4. The first kappa shape index (κ1) is 14.2. The zero-order chi connectivity index (χ0) is 14.0. The third-order valence-electron chi connectivity index (χ3n) is 3.54. The number of anilines is 1. The summed E-state index contributed by atoms with van der Waals surface area (Å²) in [6.45, 7) is 9.43. The SMILES string of the molecule is CCNc1nnc(C(=O)N2CCN(C)C(C)(C)C2)s1. The first-order valence-corrected chi connectivity index (χ1v) is 7.33. The number of carbonyl (C=O) groups is 1. The molecule has 0 aromatic carbocycles. The summed E-state index contributed by atoms with van der Waals surface area (Å²) >= 11 is 1.32. The van der Waals surface area contributed by atoms with Gasteiger partial charge in [0.1, 0.15) is 0 Å². The quantitative estimate of drug-likeness (QED) is 0.901. The molecule has 1 aromatic heterocycles. The van der Waals surface area contributed by atoms with Gasteiger partial charge in [-0.3, -0.25) is 9.69 Å². The minimum Gasteiger partial charge on any atom is -0.360 e. The summed E-state index contributed by atoms with van der Waals surface area (Å²) < 4.78 is 0. The van der Waals surface area contributed by atoms with Crippen molar-refractivity contribution in [1.82, 2.24) is 20.0 Å². The molecule has 1 aliphatic rings. The fraction of sp³-hybridized carbons (Fsp3) is 0.750. The second-order valence-corrected chi connectivity index (χ2v) is 6.38. The highest BCUT2D eigenvalue weighted by Crippen LogP contribution is 2.22. The van der Waals surface area contributed by atoms with Crippen LogP contribution in [0, 0.1) is 0 Å². The van der Waals surface area contributed by atoms with Gasteiger partial charge < -0.3 is 10.2 Å². The largest absolute Gasteiger partial charge is 0.360 e. The van der Waals surface area contributed by atoms with Gasteiger partial charge in [0.2, 0.25) is 10.1 Å². The molecule has 0 atom stereocenters. The zero-order valence-corrected chi connectivity index (χ0v) is 12.8. The highest BCUT2D eigenvalue weighted by atomic mass is 32.1. The van der Waals surface area contributed by atoms with Gasteiger partial charge >= 0.3 is 0 Å². The number of hydrogen-bond donors (Lipinski definition) is 1. The Balaban J connectivity index is 2.07. The van der Waals surface area contributed by atoms with Gasteiger partial charge in [0.05, 0.1) is 0 Å². The summed E-state index contributed by atoms with van der Waals surface area (Å²) in [5.41, 5.74) is 0.00307. The number of nitrogens with one attached hydrogen (secondary N) is 1. The third kappa shape index (κ3) is 3.03. The molecule has 1 amide bonds. The van der Waals surface area contributed by atoms with Crippen molar-refractivity contribution in [1.29, 1.82) is 0 Å². The molecule has 106 valence electrons. The predicted molar refractivity (Wildman–Crippen MR) is 76.7 cm³/mol. The molecule has 7 heteroatoms. The Bertz CT molecular complexity index is 459. The van der Waals surface area contributed by atoms with Crippen molar-refractivity contribution in [3.05, 3.63) is 5.01 Å². The van der Waals surface area contributed by atoms with Crippen LogP contribution in [-0.2, 0) is 0 Å². The first-order chi connectivity index (χ1) is 8.94. The van der Waals surface area contributed by atoms with Crippen LogP contribution in [0.1, 0.15) is 30.6 Å². The van der Waals surface area contributed by atoms with Gasteiger partial charge in [0.15, 0.2) is 0 Å². The molecule has 1 aliphatic heterocycles. The average Bonchev–Trinajstić information content (AvgIpc) is 2.81. The molecule has 2 rings (SSSR count). The fourth-order valence-corrected chi connectivity index (χ4v) is 2.86. The zero-order valence-electron chi connectivity index (χ0n) is 11.9. The van der Waals surface area contributed by atoms with Gasteiger partial charge in [-0.05, 0) is 27.8 Å². The monoisotopic (exact) mass is 283 g/mol. The minimum atomic E-state index is -0.0113. The normalized spacial score (nSPS) is 19.5. The standard InChI is InChI=1S/C12H21N5OS/c1-5-13-11-15-14-9(19-11)10(18)17-7-6-16(4)12(2,3)8-17/h5-8H2,1-4H3,(H,13,15). The van der Waals surface area contributed by atoms with E-state index in [0.717, 1.165) is 26.2 Å². The summed E-state index contributed by atoms with van der Waals surface area (Å²) in [5.74, 6) is -0.0113. The number of aromatic nitrogens is 2. The van der Waals surface area contributed by atoms with Crippen molar-refractivity contribution in [3.63, 3.8) is 0 Å². The third-order valence-corrected chi connectivity index (χ3v) is 4.41. The van der Waals surface area contributed by atoms with Crippen molar-refractivity contribution in [2.75, 3.05) is 38.5 Å². The molecule has 1 saturated heterocycles. The maximum Gasteiger partial charge on any atom is 0.285 e. The van der Waals surface area contributed by atoms with Crippen molar-refractivity contribution < 1.29 is 4.79 Å². The highest BCUT2D eigenvalue weighted by molar-refractivity contribution is 7.17. The lowest BCUT2D eigenvalue weighted by molar-refractivity contribution is 0.0310. The van der Waals surface area contributed by atoms with E-state index in [1.807, 2.05) is 11.8 Å². The van der Waals surface area contributed by atoms with Crippen molar-refractivity contribution in [2.45, 2.75) is 26.3 Å². The lowest BCUT2D eigenvalue weighted by atomic mass is 10.00. The molecule has 0 unspecified atom stereocenters. The van der Waals surface area contributed by atoms with Crippen LogP contribution in [-0.4, -0.2) is 64.7 Å². The second kappa shape index (κ2) is 5.42. The van der Waals surface area contributed by atoms with E-state index in [4.69, 9.17) is 0 Å². The number of hydrogen-bond acceptors (Lipinski definition) is 6.